The van der Waals surface area contributed by atoms with Crippen molar-refractivity contribution in [2.45, 2.75) is 26.3 Å². The molecular weight excluding hydrogens is 244 g/mol. The molecule has 0 aliphatic carbocycles. The van der Waals surface area contributed by atoms with E-state index in [9.17, 15) is 4.79 Å². The zero-order valence-electron chi connectivity index (χ0n) is 8.47. The van der Waals surface area contributed by atoms with Crippen molar-refractivity contribution in [3.63, 3.8) is 0 Å². The normalized spacial score (nSPS) is 11.1. The van der Waals surface area contributed by atoms with E-state index in [4.69, 9.17) is 0 Å². The highest BCUT2D eigenvalue weighted by molar-refractivity contribution is 9.10. The Morgan fingerprint density at radius 3 is 2.64 bits per heavy atom. The summed E-state index contributed by atoms with van der Waals surface area (Å²) >= 11 is 3.22. The first-order chi connectivity index (χ1) is 6.38. The predicted molar refractivity (Wildman–Crippen MR) is 59.2 cm³/mol. The van der Waals surface area contributed by atoms with Crippen LogP contribution in [0.5, 0.6) is 0 Å². The van der Waals surface area contributed by atoms with Crippen LogP contribution in [0.2, 0.25) is 0 Å². The van der Waals surface area contributed by atoms with Crippen molar-refractivity contribution in [2.24, 2.45) is 0 Å². The Bertz CT molecular complexity index is 344. The molecule has 0 atom stereocenters. The van der Waals surface area contributed by atoms with Crippen molar-refractivity contribution in [1.29, 1.82) is 0 Å². The molecule has 76 valence electrons. The average molecular weight is 257 g/mol. The quantitative estimate of drug-likeness (QED) is 0.785. The number of nitrogens with zero attached hydrogens (tertiary/aromatic N) is 1. The van der Waals surface area contributed by atoms with E-state index in [0.717, 1.165) is 0 Å². The number of carbonyl (C=O) groups excluding carboxylic acids is 1. The van der Waals surface area contributed by atoms with Crippen LogP contribution in [0.4, 0.5) is 0 Å². The molecule has 14 heavy (non-hydrogen) atoms. The van der Waals surface area contributed by atoms with Gasteiger partial charge < -0.3 is 5.32 Å². The Balaban J connectivity index is 2.80. The Hall–Kier alpha value is -0.900. The van der Waals surface area contributed by atoms with E-state index in [1.165, 1.54) is 0 Å². The standard InChI is InChI=1S/C10H13BrN2O/c1-10(2,3)13-9(14)7-4-5-12-8(11)6-7/h4-6H,1-3H3,(H,13,14). The third kappa shape index (κ3) is 3.46. The van der Waals surface area contributed by atoms with Crippen molar-refractivity contribution >= 4 is 21.8 Å². The molecule has 0 spiro atoms. The highest BCUT2D eigenvalue weighted by Gasteiger charge is 2.15. The summed E-state index contributed by atoms with van der Waals surface area (Å²) in [6, 6.07) is 3.38. The first-order valence-corrected chi connectivity index (χ1v) is 5.12. The number of nitrogens with one attached hydrogen (secondary N) is 1. The van der Waals surface area contributed by atoms with Gasteiger partial charge in [0.25, 0.3) is 5.91 Å². The molecule has 0 aliphatic rings. The van der Waals surface area contributed by atoms with Crippen LogP contribution >= 0.6 is 15.9 Å². The maximum Gasteiger partial charge on any atom is 0.251 e. The van der Waals surface area contributed by atoms with Crippen molar-refractivity contribution < 1.29 is 4.79 Å². The molecule has 1 amide bonds. The summed E-state index contributed by atoms with van der Waals surface area (Å²) in [4.78, 5) is 15.6. The van der Waals surface area contributed by atoms with Gasteiger partial charge in [0, 0.05) is 17.3 Å². The number of pyridine rings is 1. The van der Waals surface area contributed by atoms with Crippen LogP contribution in [0.1, 0.15) is 31.1 Å². The molecule has 0 aliphatic heterocycles. The van der Waals surface area contributed by atoms with Crippen LogP contribution in [0, 0.1) is 0 Å². The summed E-state index contributed by atoms with van der Waals surface area (Å²) in [5.74, 6) is -0.0828. The van der Waals surface area contributed by atoms with Gasteiger partial charge in [-0.15, -0.1) is 0 Å². The number of carbonyl (C=O) groups is 1. The molecule has 0 unspecified atom stereocenters. The molecule has 4 heteroatoms. The highest BCUT2D eigenvalue weighted by atomic mass is 79.9. The van der Waals surface area contributed by atoms with Crippen LogP contribution in [0.25, 0.3) is 0 Å². The minimum atomic E-state index is -0.215. The molecule has 0 radical (unpaired) electrons. The van der Waals surface area contributed by atoms with Gasteiger partial charge >= 0.3 is 0 Å². The minimum Gasteiger partial charge on any atom is -0.347 e. The molecule has 0 saturated heterocycles. The van der Waals surface area contributed by atoms with E-state index in [1.54, 1.807) is 18.3 Å². The lowest BCUT2D eigenvalue weighted by Crippen LogP contribution is -2.40. The number of aromatic nitrogens is 1. The lowest BCUT2D eigenvalue weighted by Gasteiger charge is -2.20. The number of hydrogen-bond donors (Lipinski definition) is 1. The fourth-order valence-electron chi connectivity index (χ4n) is 0.956. The number of amides is 1. The molecule has 1 aromatic heterocycles. The molecule has 0 fully saturated rings. The number of halogens is 1. The molecule has 0 bridgehead atoms. The monoisotopic (exact) mass is 256 g/mol. The van der Waals surface area contributed by atoms with Crippen LogP contribution in [0.15, 0.2) is 22.9 Å². The van der Waals surface area contributed by atoms with Crippen LogP contribution in [-0.4, -0.2) is 16.4 Å². The Kier molecular flexibility index (Phi) is 3.26. The van der Waals surface area contributed by atoms with Gasteiger partial charge in [0.15, 0.2) is 0 Å². The van der Waals surface area contributed by atoms with Gasteiger partial charge in [-0.2, -0.15) is 0 Å². The fourth-order valence-corrected chi connectivity index (χ4v) is 1.32. The number of rotatable bonds is 1. The number of hydrogen-bond acceptors (Lipinski definition) is 2. The Morgan fingerprint density at radius 2 is 2.14 bits per heavy atom. The third-order valence-corrected chi connectivity index (χ3v) is 1.91. The van der Waals surface area contributed by atoms with E-state index >= 15 is 0 Å². The first kappa shape index (κ1) is 11.2. The zero-order chi connectivity index (χ0) is 10.8. The fraction of sp³-hybridized carbons (Fsp3) is 0.400. The average Bonchev–Trinajstić information content (AvgIpc) is 2.01. The molecule has 0 saturated carbocycles. The van der Waals surface area contributed by atoms with Gasteiger partial charge in [-0.25, -0.2) is 4.98 Å². The summed E-state index contributed by atoms with van der Waals surface area (Å²) in [6.45, 7) is 5.84. The van der Waals surface area contributed by atoms with Gasteiger partial charge in [-0.3, -0.25) is 4.79 Å². The van der Waals surface area contributed by atoms with Gasteiger partial charge in [0.1, 0.15) is 4.60 Å². The van der Waals surface area contributed by atoms with Gasteiger partial charge in [-0.1, -0.05) is 0 Å². The molecule has 3 nitrogen and oxygen atoms in total. The maximum atomic E-state index is 11.7. The summed E-state index contributed by atoms with van der Waals surface area (Å²) in [5.41, 5.74) is 0.397. The summed E-state index contributed by atoms with van der Waals surface area (Å²) in [6.07, 6.45) is 1.60. The van der Waals surface area contributed by atoms with Gasteiger partial charge in [0.05, 0.1) is 0 Å². The van der Waals surface area contributed by atoms with Crippen molar-refractivity contribution in [1.82, 2.24) is 10.3 Å². The van der Waals surface area contributed by atoms with E-state index in [-0.39, 0.29) is 11.4 Å². The third-order valence-electron chi connectivity index (χ3n) is 1.48. The summed E-state index contributed by atoms with van der Waals surface area (Å²) in [5, 5.41) is 2.88. The molecule has 1 heterocycles. The SMILES string of the molecule is CC(C)(C)NC(=O)c1ccnc(Br)c1. The van der Waals surface area contributed by atoms with E-state index in [2.05, 4.69) is 26.2 Å². The molecule has 1 aromatic rings. The molecule has 1 N–H and O–H groups in total. The van der Waals surface area contributed by atoms with Crippen molar-refractivity contribution in [3.8, 4) is 0 Å². The second-order valence-corrected chi connectivity index (χ2v) is 4.88. The second-order valence-electron chi connectivity index (χ2n) is 4.07. The largest absolute Gasteiger partial charge is 0.347 e. The Labute approximate surface area is 92.1 Å². The minimum absolute atomic E-state index is 0.0828. The van der Waals surface area contributed by atoms with E-state index in [1.807, 2.05) is 20.8 Å². The summed E-state index contributed by atoms with van der Waals surface area (Å²) in [7, 11) is 0. The van der Waals surface area contributed by atoms with Crippen molar-refractivity contribution in [2.75, 3.05) is 0 Å². The lowest BCUT2D eigenvalue weighted by atomic mass is 10.1. The van der Waals surface area contributed by atoms with Crippen molar-refractivity contribution in [3.05, 3.63) is 28.5 Å². The predicted octanol–water partition coefficient (Wildman–Crippen LogP) is 2.37. The van der Waals surface area contributed by atoms with Crippen LogP contribution in [0.3, 0.4) is 0 Å². The zero-order valence-corrected chi connectivity index (χ0v) is 10.1. The molecule has 0 aromatic carbocycles. The van der Waals surface area contributed by atoms with Crippen LogP contribution < -0.4 is 5.32 Å². The van der Waals surface area contributed by atoms with Crippen LogP contribution in [-0.2, 0) is 0 Å². The maximum absolute atomic E-state index is 11.7. The molecule has 1 rings (SSSR count). The summed E-state index contributed by atoms with van der Waals surface area (Å²) < 4.78 is 0.666. The highest BCUT2D eigenvalue weighted by Crippen LogP contribution is 2.09. The van der Waals surface area contributed by atoms with E-state index in [0.29, 0.717) is 10.2 Å². The Morgan fingerprint density at radius 1 is 1.50 bits per heavy atom. The van der Waals surface area contributed by atoms with E-state index < -0.39 is 0 Å². The lowest BCUT2D eigenvalue weighted by molar-refractivity contribution is 0.0919. The smallest absolute Gasteiger partial charge is 0.251 e. The first-order valence-electron chi connectivity index (χ1n) is 4.32. The molecular formula is C10H13BrN2O. The van der Waals surface area contributed by atoms with Gasteiger partial charge in [-0.05, 0) is 48.8 Å². The van der Waals surface area contributed by atoms with Gasteiger partial charge in [0.2, 0.25) is 0 Å². The second kappa shape index (κ2) is 4.09. The topological polar surface area (TPSA) is 42.0 Å².